The summed E-state index contributed by atoms with van der Waals surface area (Å²) < 4.78 is 7.54. The SMILES string of the molecule is COc1ccccc1Nc1nc(N)nc(Cn2cnc3ccc(Br)cc3c2=O)n1. The van der Waals surface area contributed by atoms with Gasteiger partial charge in [0.2, 0.25) is 11.9 Å². The second kappa shape index (κ2) is 7.84. The Balaban J connectivity index is 1.67. The Labute approximate surface area is 173 Å². The van der Waals surface area contributed by atoms with Crippen molar-refractivity contribution in [3.05, 3.63) is 69.4 Å². The Hall–Kier alpha value is -3.53. The molecule has 0 fully saturated rings. The van der Waals surface area contributed by atoms with Gasteiger partial charge in [0.1, 0.15) is 5.75 Å². The van der Waals surface area contributed by atoms with Crippen molar-refractivity contribution in [3.63, 3.8) is 0 Å². The molecule has 9 nitrogen and oxygen atoms in total. The predicted octanol–water partition coefficient (Wildman–Crippen LogP) is 2.73. The number of hydrogen-bond acceptors (Lipinski definition) is 8. The molecule has 0 spiro atoms. The number of aromatic nitrogens is 5. The number of para-hydroxylation sites is 2. The molecule has 0 unspecified atom stereocenters. The van der Waals surface area contributed by atoms with Crippen molar-refractivity contribution in [1.29, 1.82) is 0 Å². The zero-order valence-corrected chi connectivity index (χ0v) is 16.9. The lowest BCUT2D eigenvalue weighted by molar-refractivity contribution is 0.417. The standard InChI is InChI=1S/C19H16BrN7O2/c1-29-15-5-3-2-4-14(15)23-19-25-16(24-18(21)26-19)9-27-10-22-13-7-6-11(20)8-12(13)17(27)28/h2-8,10H,9H2,1H3,(H3,21,23,24,25,26). The van der Waals surface area contributed by atoms with Gasteiger partial charge < -0.3 is 15.8 Å². The molecule has 0 amide bonds. The summed E-state index contributed by atoms with van der Waals surface area (Å²) in [6.45, 7) is 0.0988. The average molecular weight is 454 g/mol. The molecule has 0 aliphatic carbocycles. The van der Waals surface area contributed by atoms with E-state index in [1.54, 1.807) is 19.2 Å². The van der Waals surface area contributed by atoms with E-state index >= 15 is 0 Å². The second-order valence-corrected chi connectivity index (χ2v) is 7.01. The molecule has 10 heteroatoms. The molecule has 2 aromatic carbocycles. The summed E-state index contributed by atoms with van der Waals surface area (Å²) in [4.78, 5) is 29.7. The van der Waals surface area contributed by atoms with Gasteiger partial charge in [-0.3, -0.25) is 9.36 Å². The van der Waals surface area contributed by atoms with Crippen LogP contribution in [-0.2, 0) is 6.54 Å². The minimum atomic E-state index is -0.200. The molecule has 2 aromatic heterocycles. The third kappa shape index (κ3) is 4.02. The fourth-order valence-electron chi connectivity index (χ4n) is 2.83. The fourth-order valence-corrected chi connectivity index (χ4v) is 3.19. The highest BCUT2D eigenvalue weighted by Crippen LogP contribution is 2.25. The third-order valence-corrected chi connectivity index (χ3v) is 4.64. The van der Waals surface area contributed by atoms with E-state index in [4.69, 9.17) is 10.5 Å². The van der Waals surface area contributed by atoms with Crippen molar-refractivity contribution in [2.24, 2.45) is 0 Å². The number of ether oxygens (including phenoxy) is 1. The minimum Gasteiger partial charge on any atom is -0.495 e. The van der Waals surface area contributed by atoms with Crippen molar-refractivity contribution >= 4 is 44.4 Å². The van der Waals surface area contributed by atoms with Crippen LogP contribution in [0.3, 0.4) is 0 Å². The summed E-state index contributed by atoms with van der Waals surface area (Å²) >= 11 is 3.38. The van der Waals surface area contributed by atoms with Crippen molar-refractivity contribution in [2.75, 3.05) is 18.2 Å². The molecule has 0 saturated carbocycles. The number of hydrogen-bond donors (Lipinski definition) is 2. The van der Waals surface area contributed by atoms with Gasteiger partial charge in [-0.15, -0.1) is 0 Å². The molecule has 4 rings (SSSR count). The van der Waals surface area contributed by atoms with E-state index in [0.29, 0.717) is 28.2 Å². The number of methoxy groups -OCH3 is 1. The first-order valence-corrected chi connectivity index (χ1v) is 9.38. The molecule has 0 saturated heterocycles. The number of nitrogens with one attached hydrogen (secondary N) is 1. The number of fused-ring (bicyclic) bond motifs is 1. The van der Waals surface area contributed by atoms with Crippen molar-refractivity contribution in [3.8, 4) is 5.75 Å². The van der Waals surface area contributed by atoms with Gasteiger partial charge in [-0.25, -0.2) is 4.98 Å². The molecule has 4 aromatic rings. The topological polar surface area (TPSA) is 121 Å². The monoisotopic (exact) mass is 453 g/mol. The maximum Gasteiger partial charge on any atom is 0.261 e. The molecule has 0 atom stereocenters. The second-order valence-electron chi connectivity index (χ2n) is 6.10. The fraction of sp³-hybridized carbons (Fsp3) is 0.105. The normalized spacial score (nSPS) is 10.8. The summed E-state index contributed by atoms with van der Waals surface area (Å²) in [6.07, 6.45) is 1.46. The van der Waals surface area contributed by atoms with Crippen LogP contribution in [0, 0.1) is 0 Å². The van der Waals surface area contributed by atoms with Gasteiger partial charge in [0.05, 0.1) is 36.6 Å². The minimum absolute atomic E-state index is 0.0388. The smallest absolute Gasteiger partial charge is 0.261 e. The number of benzene rings is 2. The third-order valence-electron chi connectivity index (χ3n) is 4.15. The van der Waals surface area contributed by atoms with Gasteiger partial charge in [-0.2, -0.15) is 15.0 Å². The van der Waals surface area contributed by atoms with E-state index < -0.39 is 0 Å². The molecule has 2 heterocycles. The number of rotatable bonds is 5. The number of nitrogen functional groups attached to an aromatic ring is 1. The van der Waals surface area contributed by atoms with Gasteiger partial charge in [-0.05, 0) is 30.3 Å². The van der Waals surface area contributed by atoms with E-state index in [0.717, 1.165) is 4.47 Å². The molecule has 0 aliphatic rings. The van der Waals surface area contributed by atoms with Gasteiger partial charge >= 0.3 is 0 Å². The number of halogens is 1. The zero-order chi connectivity index (χ0) is 20.4. The van der Waals surface area contributed by atoms with Crippen LogP contribution >= 0.6 is 15.9 Å². The quantitative estimate of drug-likeness (QED) is 0.472. The summed E-state index contributed by atoms with van der Waals surface area (Å²) in [5.74, 6) is 1.25. The Bertz CT molecular complexity index is 1260. The van der Waals surface area contributed by atoms with Gasteiger partial charge in [0, 0.05) is 4.47 Å². The Morgan fingerprint density at radius 3 is 2.83 bits per heavy atom. The van der Waals surface area contributed by atoms with E-state index in [-0.39, 0.29) is 24.0 Å². The van der Waals surface area contributed by atoms with Crippen LogP contribution < -0.4 is 21.3 Å². The number of nitrogens with zero attached hydrogens (tertiary/aromatic N) is 5. The van der Waals surface area contributed by atoms with Crippen molar-refractivity contribution in [1.82, 2.24) is 24.5 Å². The van der Waals surface area contributed by atoms with Crippen LogP contribution in [0.25, 0.3) is 10.9 Å². The molecule has 0 bridgehead atoms. The summed E-state index contributed by atoms with van der Waals surface area (Å²) in [7, 11) is 1.57. The van der Waals surface area contributed by atoms with Gasteiger partial charge in [0.25, 0.3) is 5.56 Å². The van der Waals surface area contributed by atoms with Gasteiger partial charge in [-0.1, -0.05) is 28.1 Å². The molecule has 0 radical (unpaired) electrons. The number of nitrogens with two attached hydrogens (primary N) is 1. The highest BCUT2D eigenvalue weighted by Gasteiger charge is 2.11. The Morgan fingerprint density at radius 1 is 1.17 bits per heavy atom. The molecule has 146 valence electrons. The maximum absolute atomic E-state index is 12.8. The van der Waals surface area contributed by atoms with E-state index in [1.807, 2.05) is 30.3 Å². The first kappa shape index (κ1) is 18.8. The molecule has 3 N–H and O–H groups in total. The van der Waals surface area contributed by atoms with Crippen LogP contribution in [-0.4, -0.2) is 31.6 Å². The van der Waals surface area contributed by atoms with Crippen LogP contribution in [0.15, 0.2) is 58.1 Å². The first-order valence-electron chi connectivity index (χ1n) is 8.58. The molecular formula is C19H16BrN7O2. The molecular weight excluding hydrogens is 438 g/mol. The van der Waals surface area contributed by atoms with Crippen LogP contribution in [0.2, 0.25) is 0 Å². The van der Waals surface area contributed by atoms with Crippen LogP contribution in [0.4, 0.5) is 17.6 Å². The lowest BCUT2D eigenvalue weighted by atomic mass is 10.2. The van der Waals surface area contributed by atoms with E-state index in [1.165, 1.54) is 10.9 Å². The molecule has 0 aliphatic heterocycles. The summed E-state index contributed by atoms with van der Waals surface area (Å²) in [6, 6.07) is 12.7. The average Bonchev–Trinajstić information content (AvgIpc) is 2.70. The lowest BCUT2D eigenvalue weighted by Gasteiger charge is -2.11. The highest BCUT2D eigenvalue weighted by atomic mass is 79.9. The van der Waals surface area contributed by atoms with Crippen molar-refractivity contribution < 1.29 is 4.74 Å². The van der Waals surface area contributed by atoms with Crippen LogP contribution in [0.5, 0.6) is 5.75 Å². The Kier molecular flexibility index (Phi) is 5.09. The first-order chi connectivity index (χ1) is 14.0. The molecule has 29 heavy (non-hydrogen) atoms. The van der Waals surface area contributed by atoms with Crippen molar-refractivity contribution in [2.45, 2.75) is 6.54 Å². The predicted molar refractivity (Wildman–Crippen MR) is 113 cm³/mol. The van der Waals surface area contributed by atoms with Crippen LogP contribution in [0.1, 0.15) is 5.82 Å². The highest BCUT2D eigenvalue weighted by molar-refractivity contribution is 9.10. The largest absolute Gasteiger partial charge is 0.495 e. The van der Waals surface area contributed by atoms with E-state index in [9.17, 15) is 4.79 Å². The number of anilines is 3. The maximum atomic E-state index is 12.8. The zero-order valence-electron chi connectivity index (χ0n) is 15.3. The Morgan fingerprint density at radius 2 is 2.00 bits per heavy atom. The van der Waals surface area contributed by atoms with E-state index in [2.05, 4.69) is 41.2 Å². The lowest BCUT2D eigenvalue weighted by Crippen LogP contribution is -2.22. The summed E-state index contributed by atoms with van der Waals surface area (Å²) in [5, 5.41) is 3.56. The summed E-state index contributed by atoms with van der Waals surface area (Å²) in [5.41, 5.74) is 6.94. The van der Waals surface area contributed by atoms with Gasteiger partial charge in [0.15, 0.2) is 5.82 Å².